The molecular weight excluding hydrogens is 562 g/mol. The molecule has 1 aromatic heterocycles. The maximum absolute atomic E-state index is 13.5. The molecule has 0 aliphatic rings. The van der Waals surface area contributed by atoms with Crippen molar-refractivity contribution >= 4 is 29.3 Å². The molecule has 0 bridgehead atoms. The molecule has 0 saturated carbocycles. The molecule has 40 heavy (non-hydrogen) atoms. The lowest BCUT2D eigenvalue weighted by atomic mass is 10.1. The molecule has 1 amide bonds. The Morgan fingerprint density at radius 1 is 0.925 bits per heavy atom. The maximum atomic E-state index is 13.5. The van der Waals surface area contributed by atoms with Gasteiger partial charge >= 0.3 is 18.3 Å². The molecule has 216 valence electrons. The van der Waals surface area contributed by atoms with Gasteiger partial charge < -0.3 is 14.8 Å². The zero-order valence-electron chi connectivity index (χ0n) is 21.6. The van der Waals surface area contributed by atoms with E-state index in [1.54, 1.807) is 62.1 Å². The Bertz CT molecular complexity index is 1350. The summed E-state index contributed by atoms with van der Waals surface area (Å²) in [4.78, 5) is 26.5. The van der Waals surface area contributed by atoms with E-state index in [0.29, 0.717) is 28.5 Å². The minimum absolute atomic E-state index is 0.0375. The van der Waals surface area contributed by atoms with Crippen molar-refractivity contribution in [2.24, 2.45) is 0 Å². The molecule has 0 aliphatic heterocycles. The van der Waals surface area contributed by atoms with Crippen LogP contribution in [-0.2, 0) is 35.0 Å². The largest absolute Gasteiger partial charge is 0.480 e. The molecule has 3 aromatic rings. The number of carboxylic acids is 1. The lowest BCUT2D eigenvalue weighted by Crippen LogP contribution is -2.33. The van der Waals surface area contributed by atoms with Crippen LogP contribution in [0.1, 0.15) is 42.1 Å². The number of rotatable bonds is 10. The van der Waals surface area contributed by atoms with Gasteiger partial charge in [0.05, 0.1) is 29.9 Å². The summed E-state index contributed by atoms with van der Waals surface area (Å²) < 4.78 is 84.0. The average molecular weight is 589 g/mol. The summed E-state index contributed by atoms with van der Waals surface area (Å²) in [5.41, 5.74) is -3.16. The number of carbonyl (C=O) groups excluding carboxylic acids is 1. The summed E-state index contributed by atoms with van der Waals surface area (Å²) in [5, 5.41) is 11.4. The summed E-state index contributed by atoms with van der Waals surface area (Å²) in [7, 11) is 0. The lowest BCUT2D eigenvalue weighted by Gasteiger charge is -2.22. The summed E-state index contributed by atoms with van der Waals surface area (Å²) in [6.07, 6.45) is -10.1. The number of thioether (sulfide) groups is 1. The molecule has 0 spiro atoms. The number of amides is 1. The zero-order valence-corrected chi connectivity index (χ0v) is 22.4. The van der Waals surface area contributed by atoms with E-state index in [4.69, 9.17) is 4.42 Å². The number of benzene rings is 2. The van der Waals surface area contributed by atoms with Gasteiger partial charge in [-0.3, -0.25) is 14.5 Å². The van der Waals surface area contributed by atoms with E-state index >= 15 is 0 Å². The van der Waals surface area contributed by atoms with Gasteiger partial charge in [-0.2, -0.15) is 26.3 Å². The van der Waals surface area contributed by atoms with Gasteiger partial charge in [0.2, 0.25) is 5.91 Å². The van der Waals surface area contributed by atoms with Crippen molar-refractivity contribution in [1.29, 1.82) is 0 Å². The summed E-state index contributed by atoms with van der Waals surface area (Å²) in [6.45, 7) is 4.74. The summed E-state index contributed by atoms with van der Waals surface area (Å²) >= 11 is 1.15. The average Bonchev–Trinajstić information content (AvgIpc) is 3.23. The molecule has 13 heteroatoms. The third-order valence-electron chi connectivity index (χ3n) is 5.69. The summed E-state index contributed by atoms with van der Waals surface area (Å²) in [6, 6.07) is 11.3. The molecular formula is C27H26F6N2O4S. The first-order chi connectivity index (χ1) is 18.4. The van der Waals surface area contributed by atoms with Gasteiger partial charge in [0, 0.05) is 11.4 Å². The van der Waals surface area contributed by atoms with Crippen molar-refractivity contribution in [2.75, 3.05) is 11.9 Å². The van der Waals surface area contributed by atoms with Crippen molar-refractivity contribution in [3.8, 4) is 0 Å². The van der Waals surface area contributed by atoms with Gasteiger partial charge in [0.15, 0.2) is 0 Å². The van der Waals surface area contributed by atoms with Crippen LogP contribution < -0.4 is 5.32 Å². The molecule has 2 N–H and O–H groups in total. The Kier molecular flexibility index (Phi) is 9.30. The van der Waals surface area contributed by atoms with E-state index in [2.05, 4.69) is 5.32 Å². The van der Waals surface area contributed by atoms with Gasteiger partial charge in [-0.1, -0.05) is 12.1 Å². The second-order valence-electron chi connectivity index (χ2n) is 9.52. The van der Waals surface area contributed by atoms with E-state index < -0.39 is 52.3 Å². The Balaban J connectivity index is 1.80. The van der Waals surface area contributed by atoms with E-state index in [9.17, 15) is 41.0 Å². The second kappa shape index (κ2) is 12.0. The van der Waals surface area contributed by atoms with Crippen LogP contribution in [0.15, 0.2) is 63.9 Å². The van der Waals surface area contributed by atoms with Crippen molar-refractivity contribution < 1.29 is 45.5 Å². The highest BCUT2D eigenvalue weighted by molar-refractivity contribution is 8.01. The molecule has 0 aliphatic carbocycles. The van der Waals surface area contributed by atoms with Gasteiger partial charge in [0.25, 0.3) is 0 Å². The van der Waals surface area contributed by atoms with Crippen LogP contribution >= 0.6 is 11.8 Å². The van der Waals surface area contributed by atoms with Crippen LogP contribution in [0.2, 0.25) is 0 Å². The van der Waals surface area contributed by atoms with Crippen molar-refractivity contribution in [3.63, 3.8) is 0 Å². The first-order valence-electron chi connectivity index (χ1n) is 11.8. The van der Waals surface area contributed by atoms with Crippen molar-refractivity contribution in [1.82, 2.24) is 4.90 Å². The number of anilines is 1. The highest BCUT2D eigenvalue weighted by Gasteiger charge is 2.38. The quantitative estimate of drug-likeness (QED) is 0.192. The number of nitrogens with zero attached hydrogens (tertiary/aromatic N) is 1. The van der Waals surface area contributed by atoms with Gasteiger partial charge in [0.1, 0.15) is 16.3 Å². The van der Waals surface area contributed by atoms with E-state index in [1.165, 1.54) is 0 Å². The molecule has 0 saturated heterocycles. The van der Waals surface area contributed by atoms with Crippen molar-refractivity contribution in [2.45, 2.75) is 55.9 Å². The standard InChI is InChI=1S/C27H26F6N2O4S/c1-16-4-8-19(39-16)14-35(13-17-5-9-20(10-6-17)40-25(2,3)24(37)38)15-23(36)34-22-11-7-18(26(28,29)30)12-21(22)27(31,32)33/h4-12H,13-15H2,1-3H3,(H,34,36)(H,37,38). The zero-order chi connectivity index (χ0) is 29.9. The minimum atomic E-state index is -5.13. The normalized spacial score (nSPS) is 12.6. The Hall–Kier alpha value is -3.45. The number of hydrogen-bond acceptors (Lipinski definition) is 5. The van der Waals surface area contributed by atoms with E-state index in [0.717, 1.165) is 17.3 Å². The second-order valence-corrected chi connectivity index (χ2v) is 11.2. The molecule has 1 heterocycles. The highest BCUT2D eigenvalue weighted by Crippen LogP contribution is 2.39. The predicted molar refractivity (Wildman–Crippen MR) is 137 cm³/mol. The fourth-order valence-electron chi connectivity index (χ4n) is 3.67. The Morgan fingerprint density at radius 3 is 2.10 bits per heavy atom. The van der Waals surface area contributed by atoms with Crippen LogP contribution in [-0.4, -0.2) is 33.2 Å². The third-order valence-corrected chi connectivity index (χ3v) is 6.88. The number of aliphatic carboxylic acids is 1. The smallest absolute Gasteiger partial charge is 0.418 e. The van der Waals surface area contributed by atoms with E-state index in [1.807, 2.05) is 0 Å². The number of furan rings is 1. The molecule has 2 aromatic carbocycles. The van der Waals surface area contributed by atoms with Crippen LogP contribution in [0.25, 0.3) is 0 Å². The van der Waals surface area contributed by atoms with E-state index in [-0.39, 0.29) is 19.2 Å². The van der Waals surface area contributed by atoms with Crippen molar-refractivity contribution in [3.05, 3.63) is 82.8 Å². The first kappa shape index (κ1) is 31.1. The van der Waals surface area contributed by atoms with Crippen LogP contribution in [0.3, 0.4) is 0 Å². The third kappa shape index (κ3) is 8.52. The number of aryl methyl sites for hydroxylation is 1. The number of nitrogens with one attached hydrogen (secondary N) is 1. The number of carboxylic acid groups (broad SMARTS) is 1. The van der Waals surface area contributed by atoms with Crippen LogP contribution in [0, 0.1) is 6.92 Å². The number of hydrogen-bond donors (Lipinski definition) is 2. The highest BCUT2D eigenvalue weighted by atomic mass is 32.2. The first-order valence-corrected chi connectivity index (χ1v) is 12.6. The molecule has 0 unspecified atom stereocenters. The topological polar surface area (TPSA) is 82.8 Å². The van der Waals surface area contributed by atoms with Crippen LogP contribution in [0.4, 0.5) is 32.0 Å². The summed E-state index contributed by atoms with van der Waals surface area (Å²) in [5.74, 6) is -0.745. The molecule has 3 rings (SSSR count). The number of alkyl halides is 6. The van der Waals surface area contributed by atoms with Crippen LogP contribution in [0.5, 0.6) is 0 Å². The monoisotopic (exact) mass is 588 g/mol. The van der Waals surface area contributed by atoms with Gasteiger partial charge in [-0.15, -0.1) is 11.8 Å². The molecule has 6 nitrogen and oxygen atoms in total. The molecule has 0 fully saturated rings. The lowest BCUT2D eigenvalue weighted by molar-refractivity contribution is -0.143. The fourth-order valence-corrected chi connectivity index (χ4v) is 4.62. The van der Waals surface area contributed by atoms with Gasteiger partial charge in [-0.05, 0) is 68.8 Å². The fraction of sp³-hybridized carbons (Fsp3) is 0.333. The SMILES string of the molecule is Cc1ccc(CN(CC(=O)Nc2ccc(C(F)(F)F)cc2C(F)(F)F)Cc2ccc(SC(C)(C)C(=O)O)cc2)o1. The maximum Gasteiger partial charge on any atom is 0.418 e. The predicted octanol–water partition coefficient (Wildman–Crippen LogP) is 7.22. The number of halogens is 6. The molecule has 0 atom stereocenters. The Morgan fingerprint density at radius 2 is 1.57 bits per heavy atom. The molecule has 0 radical (unpaired) electrons. The minimum Gasteiger partial charge on any atom is -0.480 e. The van der Waals surface area contributed by atoms with Gasteiger partial charge in [-0.25, -0.2) is 0 Å². The Labute approximate surface area is 230 Å². The number of carbonyl (C=O) groups is 2.